The van der Waals surface area contributed by atoms with Gasteiger partial charge in [-0.05, 0) is 35.7 Å². The maximum absolute atomic E-state index is 12.1. The number of thiophene rings is 1. The van der Waals surface area contributed by atoms with Crippen LogP contribution in [0.1, 0.15) is 10.4 Å². The third-order valence-electron chi connectivity index (χ3n) is 2.99. The first-order chi connectivity index (χ1) is 12.0. The van der Waals surface area contributed by atoms with E-state index in [0.29, 0.717) is 5.00 Å². The molecule has 0 spiro atoms. The average molecular weight is 380 g/mol. The Morgan fingerprint density at radius 3 is 2.48 bits per heavy atom. The van der Waals surface area contributed by atoms with Gasteiger partial charge in [0.05, 0.1) is 25.5 Å². The van der Waals surface area contributed by atoms with E-state index >= 15 is 0 Å². The number of carbonyl (C=O) groups is 3. The van der Waals surface area contributed by atoms with Gasteiger partial charge in [0.25, 0.3) is 5.91 Å². The Morgan fingerprint density at radius 1 is 1.12 bits per heavy atom. The summed E-state index contributed by atoms with van der Waals surface area (Å²) in [5.74, 6) is 0.0395. The van der Waals surface area contributed by atoms with Crippen molar-refractivity contribution >= 4 is 46.0 Å². The second-order valence-electron chi connectivity index (χ2n) is 4.62. The van der Waals surface area contributed by atoms with Crippen LogP contribution in [0.3, 0.4) is 0 Å². The standard InChI is InChI=1S/C16H16N2O5S2/c1-22-10-3-5-11(6-4-10)25-9-13(19)17-15-12(7-8-24-15)14(20)18-16(21)23-2/h3-8H,9H2,1-2H3,(H,17,19)(H,18,20,21). The van der Waals surface area contributed by atoms with Gasteiger partial charge in [-0.3, -0.25) is 14.9 Å². The molecule has 0 aliphatic carbocycles. The van der Waals surface area contributed by atoms with Gasteiger partial charge >= 0.3 is 6.09 Å². The van der Waals surface area contributed by atoms with Gasteiger partial charge in [-0.25, -0.2) is 4.79 Å². The second-order valence-corrected chi connectivity index (χ2v) is 6.59. The number of alkyl carbamates (subject to hydrolysis) is 1. The molecule has 3 amide bonds. The zero-order valence-electron chi connectivity index (χ0n) is 13.5. The van der Waals surface area contributed by atoms with Crippen molar-refractivity contribution in [2.24, 2.45) is 0 Å². The van der Waals surface area contributed by atoms with Crippen LogP contribution >= 0.6 is 23.1 Å². The molecule has 0 radical (unpaired) electrons. The molecule has 0 unspecified atom stereocenters. The van der Waals surface area contributed by atoms with Gasteiger partial charge in [-0.2, -0.15) is 0 Å². The molecule has 1 aromatic carbocycles. The minimum atomic E-state index is -0.858. The topological polar surface area (TPSA) is 93.7 Å². The van der Waals surface area contributed by atoms with E-state index in [-0.39, 0.29) is 17.2 Å². The van der Waals surface area contributed by atoms with E-state index in [1.54, 1.807) is 12.5 Å². The number of ether oxygens (including phenoxy) is 2. The third kappa shape index (κ3) is 5.50. The van der Waals surface area contributed by atoms with Gasteiger partial charge < -0.3 is 14.8 Å². The van der Waals surface area contributed by atoms with E-state index in [1.165, 1.54) is 29.2 Å². The van der Waals surface area contributed by atoms with Crippen LogP contribution in [0, 0.1) is 0 Å². The number of amides is 3. The summed E-state index contributed by atoms with van der Waals surface area (Å²) in [5, 5.41) is 6.76. The van der Waals surface area contributed by atoms with Crippen molar-refractivity contribution in [3.63, 3.8) is 0 Å². The number of thioether (sulfide) groups is 1. The highest BCUT2D eigenvalue weighted by Crippen LogP contribution is 2.25. The molecule has 25 heavy (non-hydrogen) atoms. The Balaban J connectivity index is 1.91. The summed E-state index contributed by atoms with van der Waals surface area (Å²) in [7, 11) is 2.75. The first kappa shape index (κ1) is 18.8. The highest BCUT2D eigenvalue weighted by Gasteiger charge is 2.17. The van der Waals surface area contributed by atoms with Crippen LogP contribution in [-0.4, -0.2) is 37.9 Å². The number of anilines is 1. The molecule has 2 aromatic rings. The van der Waals surface area contributed by atoms with Crippen molar-refractivity contribution in [1.82, 2.24) is 5.32 Å². The van der Waals surface area contributed by atoms with Gasteiger partial charge in [0.2, 0.25) is 5.91 Å². The van der Waals surface area contributed by atoms with Crippen LogP contribution in [0.15, 0.2) is 40.6 Å². The van der Waals surface area contributed by atoms with Gasteiger partial charge in [0.1, 0.15) is 10.8 Å². The molecule has 0 aliphatic rings. The first-order valence-corrected chi connectivity index (χ1v) is 8.93. The molecule has 0 fully saturated rings. The summed E-state index contributed by atoms with van der Waals surface area (Å²) in [5.41, 5.74) is 0.207. The van der Waals surface area contributed by atoms with Crippen molar-refractivity contribution in [2.75, 3.05) is 25.3 Å². The van der Waals surface area contributed by atoms with Crippen LogP contribution in [0.4, 0.5) is 9.80 Å². The lowest BCUT2D eigenvalue weighted by Crippen LogP contribution is -2.30. The second kappa shape index (κ2) is 9.09. The molecule has 2 rings (SSSR count). The lowest BCUT2D eigenvalue weighted by atomic mass is 10.3. The lowest BCUT2D eigenvalue weighted by Gasteiger charge is -2.07. The fourth-order valence-corrected chi connectivity index (χ4v) is 3.28. The zero-order valence-corrected chi connectivity index (χ0v) is 15.2. The molecule has 9 heteroatoms. The van der Waals surface area contributed by atoms with Crippen LogP contribution in [0.5, 0.6) is 5.75 Å². The normalized spacial score (nSPS) is 10.0. The van der Waals surface area contributed by atoms with Crippen molar-refractivity contribution in [3.8, 4) is 5.75 Å². The Kier molecular flexibility index (Phi) is 6.84. The SMILES string of the molecule is COC(=O)NC(=O)c1ccsc1NC(=O)CSc1ccc(OC)cc1. The van der Waals surface area contributed by atoms with Crippen molar-refractivity contribution < 1.29 is 23.9 Å². The molecular formula is C16H16N2O5S2. The summed E-state index contributed by atoms with van der Waals surface area (Å²) >= 11 is 2.56. The molecule has 0 bridgehead atoms. The summed E-state index contributed by atoms with van der Waals surface area (Å²) in [4.78, 5) is 36.1. The maximum Gasteiger partial charge on any atom is 0.413 e. The summed E-state index contributed by atoms with van der Waals surface area (Å²) in [6.07, 6.45) is -0.858. The predicted octanol–water partition coefficient (Wildman–Crippen LogP) is 2.98. The van der Waals surface area contributed by atoms with Crippen molar-refractivity contribution in [1.29, 1.82) is 0 Å². The minimum Gasteiger partial charge on any atom is -0.497 e. The highest BCUT2D eigenvalue weighted by molar-refractivity contribution is 8.00. The molecule has 0 aliphatic heterocycles. The van der Waals surface area contributed by atoms with Gasteiger partial charge in [-0.1, -0.05) is 0 Å². The number of hydrogen-bond acceptors (Lipinski definition) is 7. The van der Waals surface area contributed by atoms with Crippen LogP contribution in [0.2, 0.25) is 0 Å². The van der Waals surface area contributed by atoms with Crippen molar-refractivity contribution in [2.45, 2.75) is 4.90 Å². The monoisotopic (exact) mass is 380 g/mol. The van der Waals surface area contributed by atoms with E-state index in [1.807, 2.05) is 24.3 Å². The number of hydrogen-bond donors (Lipinski definition) is 2. The summed E-state index contributed by atoms with van der Waals surface area (Å²) < 4.78 is 9.45. The molecule has 132 valence electrons. The Bertz CT molecular complexity index is 758. The number of rotatable bonds is 6. The zero-order chi connectivity index (χ0) is 18.2. The van der Waals surface area contributed by atoms with E-state index in [4.69, 9.17) is 4.74 Å². The Labute approximate surface area is 152 Å². The molecular weight excluding hydrogens is 364 g/mol. The number of imide groups is 1. The lowest BCUT2D eigenvalue weighted by molar-refractivity contribution is -0.113. The fourth-order valence-electron chi connectivity index (χ4n) is 1.78. The first-order valence-electron chi connectivity index (χ1n) is 7.07. The Hall–Kier alpha value is -2.52. The molecule has 0 saturated heterocycles. The van der Waals surface area contributed by atoms with Gasteiger partial charge in [-0.15, -0.1) is 23.1 Å². The van der Waals surface area contributed by atoms with E-state index in [0.717, 1.165) is 17.8 Å². The quantitative estimate of drug-likeness (QED) is 0.749. The maximum atomic E-state index is 12.1. The molecule has 7 nitrogen and oxygen atoms in total. The smallest absolute Gasteiger partial charge is 0.413 e. The van der Waals surface area contributed by atoms with E-state index < -0.39 is 12.0 Å². The number of benzene rings is 1. The number of methoxy groups -OCH3 is 2. The molecule has 1 heterocycles. The van der Waals surface area contributed by atoms with Gasteiger partial charge in [0, 0.05) is 4.90 Å². The average Bonchev–Trinajstić information content (AvgIpc) is 3.08. The highest BCUT2D eigenvalue weighted by atomic mass is 32.2. The molecule has 2 N–H and O–H groups in total. The molecule has 1 aromatic heterocycles. The largest absolute Gasteiger partial charge is 0.497 e. The van der Waals surface area contributed by atoms with Crippen LogP contribution in [0.25, 0.3) is 0 Å². The summed E-state index contributed by atoms with van der Waals surface area (Å²) in [6, 6.07) is 8.87. The van der Waals surface area contributed by atoms with Gasteiger partial charge in [0.15, 0.2) is 0 Å². The molecule has 0 saturated carbocycles. The summed E-state index contributed by atoms with van der Waals surface area (Å²) in [6.45, 7) is 0. The predicted molar refractivity (Wildman–Crippen MR) is 96.5 cm³/mol. The number of nitrogens with one attached hydrogen (secondary N) is 2. The Morgan fingerprint density at radius 2 is 1.84 bits per heavy atom. The van der Waals surface area contributed by atoms with Crippen LogP contribution < -0.4 is 15.4 Å². The third-order valence-corrected chi connectivity index (χ3v) is 4.84. The fraction of sp³-hybridized carbons (Fsp3) is 0.188. The molecule has 0 atom stereocenters. The van der Waals surface area contributed by atoms with E-state index in [2.05, 4.69) is 15.4 Å². The number of carbonyl (C=O) groups excluding carboxylic acids is 3. The van der Waals surface area contributed by atoms with Crippen LogP contribution in [-0.2, 0) is 9.53 Å². The van der Waals surface area contributed by atoms with Crippen molar-refractivity contribution in [3.05, 3.63) is 41.3 Å². The minimum absolute atomic E-state index is 0.183. The van der Waals surface area contributed by atoms with E-state index in [9.17, 15) is 14.4 Å².